The first-order valence-electron chi connectivity index (χ1n) is 9.99. The molecule has 0 unspecified atom stereocenters. The summed E-state index contributed by atoms with van der Waals surface area (Å²) in [7, 11) is -3.84. The summed E-state index contributed by atoms with van der Waals surface area (Å²) in [6.07, 6.45) is 4.44. The van der Waals surface area contributed by atoms with Crippen molar-refractivity contribution >= 4 is 33.4 Å². The number of rotatable bonds is 7. The first-order chi connectivity index (χ1) is 14.8. The van der Waals surface area contributed by atoms with Gasteiger partial charge in [-0.05, 0) is 55.7 Å². The molecule has 0 aliphatic carbocycles. The van der Waals surface area contributed by atoms with Crippen LogP contribution in [0, 0.1) is 5.92 Å². The second kappa shape index (κ2) is 10.2. The van der Waals surface area contributed by atoms with Gasteiger partial charge in [0.25, 0.3) is 0 Å². The van der Waals surface area contributed by atoms with Crippen molar-refractivity contribution in [3.05, 3.63) is 59.4 Å². The second-order valence-corrected chi connectivity index (χ2v) is 9.63. The van der Waals surface area contributed by atoms with Gasteiger partial charge in [-0.15, -0.1) is 0 Å². The number of hydrogen-bond acceptors (Lipinski definition) is 5. The number of nitrogens with zero attached hydrogens (tertiary/aromatic N) is 2. The van der Waals surface area contributed by atoms with Crippen LogP contribution in [0.5, 0.6) is 0 Å². The molecule has 3 rings (SSSR count). The van der Waals surface area contributed by atoms with Gasteiger partial charge in [0, 0.05) is 43.0 Å². The second-order valence-electron chi connectivity index (χ2n) is 7.48. The molecule has 166 valence electrons. The van der Waals surface area contributed by atoms with Crippen LogP contribution in [0.4, 0.5) is 0 Å². The maximum absolute atomic E-state index is 12.7. The molecular formula is C21H25ClN4O4S. The Hall–Kier alpha value is -2.49. The topological polar surface area (TPSA) is 108 Å². The van der Waals surface area contributed by atoms with E-state index < -0.39 is 16.1 Å². The Balaban J connectivity index is 1.48. The molecule has 2 heterocycles. The fourth-order valence-electron chi connectivity index (χ4n) is 3.44. The van der Waals surface area contributed by atoms with Gasteiger partial charge in [-0.3, -0.25) is 14.6 Å². The zero-order chi connectivity index (χ0) is 22.4. The van der Waals surface area contributed by atoms with Crippen molar-refractivity contribution < 1.29 is 18.0 Å². The lowest BCUT2D eigenvalue weighted by Gasteiger charge is -2.33. The predicted molar refractivity (Wildman–Crippen MR) is 117 cm³/mol. The fraction of sp³-hybridized carbons (Fsp3) is 0.381. The highest BCUT2D eigenvalue weighted by Crippen LogP contribution is 2.19. The van der Waals surface area contributed by atoms with Gasteiger partial charge in [0.05, 0.1) is 10.9 Å². The minimum atomic E-state index is -3.84. The summed E-state index contributed by atoms with van der Waals surface area (Å²) < 4.78 is 27.4. The fourth-order valence-corrected chi connectivity index (χ4v) is 4.76. The Morgan fingerprint density at radius 3 is 2.48 bits per heavy atom. The van der Waals surface area contributed by atoms with Crippen molar-refractivity contribution in [1.82, 2.24) is 19.9 Å². The average Bonchev–Trinajstić information content (AvgIpc) is 2.77. The number of benzene rings is 1. The van der Waals surface area contributed by atoms with Crippen molar-refractivity contribution in [2.24, 2.45) is 5.92 Å². The SMILES string of the molecule is C[C@H](NS(=O)(=O)c1ccc(Cl)cc1)C(=O)N1CCC(C(=O)NCc2cccnc2)CC1. The van der Waals surface area contributed by atoms with Gasteiger partial charge >= 0.3 is 0 Å². The number of likely N-dealkylation sites (tertiary alicyclic amines) is 1. The number of nitrogens with one attached hydrogen (secondary N) is 2. The molecule has 0 saturated carbocycles. The number of sulfonamides is 1. The van der Waals surface area contributed by atoms with Crippen molar-refractivity contribution in [3.8, 4) is 0 Å². The summed E-state index contributed by atoms with van der Waals surface area (Å²) >= 11 is 5.80. The van der Waals surface area contributed by atoms with Crippen LogP contribution in [-0.4, -0.2) is 49.2 Å². The lowest BCUT2D eigenvalue weighted by Crippen LogP contribution is -2.50. The van der Waals surface area contributed by atoms with E-state index in [4.69, 9.17) is 11.6 Å². The number of hydrogen-bond donors (Lipinski definition) is 2. The van der Waals surface area contributed by atoms with E-state index in [0.717, 1.165) is 5.56 Å². The summed E-state index contributed by atoms with van der Waals surface area (Å²) in [6.45, 7) is 2.73. The van der Waals surface area contributed by atoms with E-state index in [1.165, 1.54) is 31.2 Å². The Morgan fingerprint density at radius 1 is 1.19 bits per heavy atom. The molecule has 2 N–H and O–H groups in total. The number of halogens is 1. The molecule has 2 amide bonds. The van der Waals surface area contributed by atoms with E-state index in [9.17, 15) is 18.0 Å². The van der Waals surface area contributed by atoms with Crippen molar-refractivity contribution in [2.45, 2.75) is 37.2 Å². The number of piperidine rings is 1. The van der Waals surface area contributed by atoms with E-state index in [1.54, 1.807) is 17.3 Å². The quantitative estimate of drug-likeness (QED) is 0.651. The molecule has 2 aromatic rings. The number of carbonyl (C=O) groups is 2. The highest BCUT2D eigenvalue weighted by Gasteiger charge is 2.31. The summed E-state index contributed by atoms with van der Waals surface area (Å²) in [5.74, 6) is -0.541. The van der Waals surface area contributed by atoms with Crippen LogP contribution in [-0.2, 0) is 26.2 Å². The van der Waals surface area contributed by atoms with Crippen LogP contribution in [0.25, 0.3) is 0 Å². The van der Waals surface area contributed by atoms with Gasteiger partial charge in [-0.2, -0.15) is 4.72 Å². The lowest BCUT2D eigenvalue weighted by molar-refractivity contribution is -0.136. The first-order valence-corrected chi connectivity index (χ1v) is 11.9. The Bertz CT molecular complexity index is 1010. The number of aromatic nitrogens is 1. The predicted octanol–water partition coefficient (Wildman–Crippen LogP) is 1.96. The molecule has 0 radical (unpaired) electrons. The summed E-state index contributed by atoms with van der Waals surface area (Å²) in [4.78, 5) is 30.8. The third-order valence-corrected chi connectivity index (χ3v) is 7.00. The molecule has 0 spiro atoms. The van der Waals surface area contributed by atoms with Gasteiger partial charge in [-0.1, -0.05) is 17.7 Å². The van der Waals surface area contributed by atoms with Crippen molar-refractivity contribution in [1.29, 1.82) is 0 Å². The number of carbonyl (C=O) groups excluding carboxylic acids is 2. The van der Waals surface area contributed by atoms with Gasteiger partial charge in [-0.25, -0.2) is 8.42 Å². The summed E-state index contributed by atoms with van der Waals surface area (Å²) in [5.41, 5.74) is 0.922. The van der Waals surface area contributed by atoms with Crippen molar-refractivity contribution in [3.63, 3.8) is 0 Å². The Morgan fingerprint density at radius 2 is 1.87 bits per heavy atom. The van der Waals surface area contributed by atoms with E-state index in [1.807, 2.05) is 12.1 Å². The zero-order valence-corrected chi connectivity index (χ0v) is 18.7. The molecule has 1 aliphatic heterocycles. The molecular weight excluding hydrogens is 440 g/mol. The van der Waals surface area contributed by atoms with Crippen LogP contribution < -0.4 is 10.0 Å². The van der Waals surface area contributed by atoms with Gasteiger partial charge in [0.2, 0.25) is 21.8 Å². The largest absolute Gasteiger partial charge is 0.352 e. The van der Waals surface area contributed by atoms with Gasteiger partial charge < -0.3 is 10.2 Å². The molecule has 1 saturated heterocycles. The smallest absolute Gasteiger partial charge is 0.241 e. The third kappa shape index (κ3) is 6.25. The summed E-state index contributed by atoms with van der Waals surface area (Å²) in [6, 6.07) is 8.51. The summed E-state index contributed by atoms with van der Waals surface area (Å²) in [5, 5.41) is 3.33. The molecule has 1 aliphatic rings. The van der Waals surface area contributed by atoms with E-state index >= 15 is 0 Å². The monoisotopic (exact) mass is 464 g/mol. The molecule has 1 atom stereocenters. The zero-order valence-electron chi connectivity index (χ0n) is 17.1. The maximum Gasteiger partial charge on any atom is 0.241 e. The number of pyridine rings is 1. The van der Waals surface area contributed by atoms with Gasteiger partial charge in [0.15, 0.2) is 0 Å². The highest BCUT2D eigenvalue weighted by molar-refractivity contribution is 7.89. The van der Waals surface area contributed by atoms with Gasteiger partial charge in [0.1, 0.15) is 0 Å². The van der Waals surface area contributed by atoms with Crippen LogP contribution in [0.15, 0.2) is 53.7 Å². The van der Waals surface area contributed by atoms with Crippen LogP contribution in [0.3, 0.4) is 0 Å². The third-order valence-electron chi connectivity index (χ3n) is 5.19. The van der Waals surface area contributed by atoms with E-state index in [0.29, 0.717) is 37.5 Å². The molecule has 31 heavy (non-hydrogen) atoms. The van der Waals surface area contributed by atoms with Crippen LogP contribution in [0.1, 0.15) is 25.3 Å². The minimum Gasteiger partial charge on any atom is -0.352 e. The normalized spacial score (nSPS) is 16.0. The first kappa shape index (κ1) is 23.2. The lowest BCUT2D eigenvalue weighted by atomic mass is 9.95. The standard InChI is InChI=1S/C21H25ClN4O4S/c1-15(25-31(29,30)19-6-4-18(22)5-7-19)21(28)26-11-8-17(9-12-26)20(27)24-14-16-3-2-10-23-13-16/h2-7,10,13,15,17,25H,8-9,11-12,14H2,1H3,(H,24,27)/t15-/m0/s1. The van der Waals surface area contributed by atoms with E-state index in [2.05, 4.69) is 15.0 Å². The Labute approximate surface area is 187 Å². The highest BCUT2D eigenvalue weighted by atomic mass is 35.5. The average molecular weight is 465 g/mol. The molecule has 0 bridgehead atoms. The van der Waals surface area contributed by atoms with Crippen LogP contribution >= 0.6 is 11.6 Å². The number of amides is 2. The van der Waals surface area contributed by atoms with Crippen molar-refractivity contribution in [2.75, 3.05) is 13.1 Å². The molecule has 1 fully saturated rings. The molecule has 8 nitrogen and oxygen atoms in total. The maximum atomic E-state index is 12.7. The van der Waals surface area contributed by atoms with Crippen LogP contribution in [0.2, 0.25) is 5.02 Å². The molecule has 1 aromatic carbocycles. The molecule has 10 heteroatoms. The molecule has 1 aromatic heterocycles. The minimum absolute atomic E-state index is 0.0422. The Kier molecular flexibility index (Phi) is 7.64. The van der Waals surface area contributed by atoms with E-state index in [-0.39, 0.29) is 22.6 Å².